The molecular weight excluding hydrogens is 858 g/mol. The highest BCUT2D eigenvalue weighted by molar-refractivity contribution is 7.45. The summed E-state index contributed by atoms with van der Waals surface area (Å²) < 4.78 is 34.2. The number of nitrogens with zero attached hydrogens (tertiary/aromatic N) is 1. The van der Waals surface area contributed by atoms with E-state index in [0.717, 1.165) is 38.5 Å². The molecule has 0 aliphatic carbocycles. The van der Waals surface area contributed by atoms with Crippen molar-refractivity contribution in [3.63, 3.8) is 0 Å². The Labute approximate surface area is 416 Å². The van der Waals surface area contributed by atoms with Crippen LogP contribution in [-0.2, 0) is 32.7 Å². The number of allylic oxidation sites excluding steroid dienone is 2. The fraction of sp³-hybridized carbons (Fsp3) is 0.930. The average Bonchev–Trinajstić information content (AvgIpc) is 3.29. The van der Waals surface area contributed by atoms with Gasteiger partial charge < -0.3 is 27.9 Å². The van der Waals surface area contributed by atoms with Crippen molar-refractivity contribution in [3.8, 4) is 0 Å². The number of carbonyl (C=O) groups excluding carboxylic acids is 2. The second kappa shape index (κ2) is 49.7. The zero-order valence-electron chi connectivity index (χ0n) is 45.1. The molecule has 0 amide bonds. The molecule has 0 aliphatic heterocycles. The third-order valence-corrected chi connectivity index (χ3v) is 14.0. The molecule has 0 N–H and O–H groups in total. The zero-order valence-corrected chi connectivity index (χ0v) is 46.0. The number of quaternary nitrogens is 1. The zero-order chi connectivity index (χ0) is 49.2. The summed E-state index contributed by atoms with van der Waals surface area (Å²) in [6.45, 7) is 4.30. The van der Waals surface area contributed by atoms with Crippen LogP contribution in [0.3, 0.4) is 0 Å². The molecule has 0 radical (unpaired) electrons. The summed E-state index contributed by atoms with van der Waals surface area (Å²) in [5.74, 6) is -0.817. The summed E-state index contributed by atoms with van der Waals surface area (Å²) in [6, 6.07) is 0. The molecule has 0 aromatic rings. The van der Waals surface area contributed by atoms with E-state index in [1.54, 1.807) is 0 Å². The normalized spacial score (nSPS) is 13.3. The van der Waals surface area contributed by atoms with Gasteiger partial charge in [-0.3, -0.25) is 14.2 Å². The fourth-order valence-electron chi connectivity index (χ4n) is 8.54. The maximum Gasteiger partial charge on any atom is 0.306 e. The molecule has 0 fully saturated rings. The molecule has 0 saturated heterocycles. The largest absolute Gasteiger partial charge is 0.756 e. The van der Waals surface area contributed by atoms with Crippen LogP contribution < -0.4 is 4.89 Å². The number of likely N-dealkylation sites (N-methyl/N-ethyl adjacent to an activating group) is 1. The van der Waals surface area contributed by atoms with Gasteiger partial charge in [0.2, 0.25) is 0 Å². The van der Waals surface area contributed by atoms with Crippen molar-refractivity contribution in [3.05, 3.63) is 12.2 Å². The Bertz CT molecular complexity index is 1140. The molecule has 67 heavy (non-hydrogen) atoms. The second-order valence-electron chi connectivity index (χ2n) is 21.0. The first-order valence-electron chi connectivity index (χ1n) is 28.9. The lowest BCUT2D eigenvalue weighted by atomic mass is 10.0. The minimum atomic E-state index is -4.63. The van der Waals surface area contributed by atoms with E-state index in [-0.39, 0.29) is 32.0 Å². The van der Waals surface area contributed by atoms with Crippen LogP contribution in [0.2, 0.25) is 0 Å². The molecule has 10 heteroatoms. The topological polar surface area (TPSA) is 111 Å². The molecule has 0 spiro atoms. The van der Waals surface area contributed by atoms with Gasteiger partial charge in [-0.15, -0.1) is 0 Å². The molecule has 0 aliphatic rings. The molecule has 0 saturated carbocycles. The standard InChI is InChI=1S/C57H112NO8P/c1-6-8-10-12-14-16-18-20-22-24-26-28-30-31-33-35-37-39-41-43-45-47-49-56(59)63-53-55(54-65-67(61,62)64-52-51-58(3,4)5)66-57(60)50-48-46-44-42-40-38-36-34-32-29-27-25-23-21-19-17-15-13-11-9-7-2/h25,27,55H,6-24,26,28-54H2,1-5H3/b27-25-. The molecule has 0 aromatic heterocycles. The number of rotatable bonds is 54. The van der Waals surface area contributed by atoms with Crippen molar-refractivity contribution in [2.45, 2.75) is 296 Å². The van der Waals surface area contributed by atoms with Crippen LogP contribution in [0.25, 0.3) is 0 Å². The van der Waals surface area contributed by atoms with Gasteiger partial charge in [0, 0.05) is 12.8 Å². The number of esters is 2. The summed E-state index contributed by atoms with van der Waals surface area (Å²) in [7, 11) is 1.18. The minimum Gasteiger partial charge on any atom is -0.756 e. The highest BCUT2D eigenvalue weighted by atomic mass is 31.2. The first-order chi connectivity index (χ1) is 32.5. The van der Waals surface area contributed by atoms with Crippen molar-refractivity contribution < 1.29 is 42.1 Å². The average molecular weight is 970 g/mol. The number of hydrogen-bond acceptors (Lipinski definition) is 8. The molecule has 2 unspecified atom stereocenters. The lowest BCUT2D eigenvalue weighted by molar-refractivity contribution is -0.870. The maximum atomic E-state index is 12.8. The molecule has 9 nitrogen and oxygen atoms in total. The quantitative estimate of drug-likeness (QED) is 0.0195. The van der Waals surface area contributed by atoms with Gasteiger partial charge in [0.15, 0.2) is 6.10 Å². The van der Waals surface area contributed by atoms with E-state index in [9.17, 15) is 19.0 Å². The van der Waals surface area contributed by atoms with Crippen LogP contribution in [0, 0.1) is 0 Å². The van der Waals surface area contributed by atoms with Crippen LogP contribution in [0.15, 0.2) is 12.2 Å². The van der Waals surface area contributed by atoms with E-state index in [4.69, 9.17) is 18.5 Å². The minimum absolute atomic E-state index is 0.0275. The Kier molecular flexibility index (Phi) is 48.8. The maximum absolute atomic E-state index is 12.8. The Morgan fingerprint density at radius 1 is 0.448 bits per heavy atom. The van der Waals surface area contributed by atoms with Crippen LogP contribution in [0.5, 0.6) is 0 Å². The lowest BCUT2D eigenvalue weighted by Crippen LogP contribution is -2.37. The first kappa shape index (κ1) is 65.8. The smallest absolute Gasteiger partial charge is 0.306 e. The number of ether oxygens (including phenoxy) is 2. The van der Waals surface area contributed by atoms with Gasteiger partial charge in [-0.05, 0) is 38.5 Å². The van der Waals surface area contributed by atoms with Gasteiger partial charge in [0.25, 0.3) is 7.82 Å². The van der Waals surface area contributed by atoms with Crippen LogP contribution >= 0.6 is 7.82 Å². The molecule has 0 aromatic carbocycles. The number of phosphoric ester groups is 1. The highest BCUT2D eigenvalue weighted by Crippen LogP contribution is 2.38. The first-order valence-corrected chi connectivity index (χ1v) is 30.4. The molecular formula is C57H112NO8P. The summed E-state index contributed by atoms with van der Waals surface area (Å²) in [6.07, 6.45) is 56.8. The molecule has 2 atom stereocenters. The number of phosphoric acid groups is 1. The number of unbranched alkanes of at least 4 members (excludes halogenated alkanes) is 38. The Morgan fingerprint density at radius 3 is 1.10 bits per heavy atom. The molecule has 398 valence electrons. The summed E-state index contributed by atoms with van der Waals surface area (Å²) in [5, 5.41) is 0. The van der Waals surface area contributed by atoms with Gasteiger partial charge in [0.1, 0.15) is 19.8 Å². The predicted octanol–water partition coefficient (Wildman–Crippen LogP) is 17.0. The number of carbonyl (C=O) groups is 2. The van der Waals surface area contributed by atoms with E-state index in [1.165, 1.54) is 218 Å². The van der Waals surface area contributed by atoms with Gasteiger partial charge in [0.05, 0.1) is 27.7 Å². The van der Waals surface area contributed by atoms with E-state index in [2.05, 4.69) is 26.0 Å². The van der Waals surface area contributed by atoms with Crippen LogP contribution in [-0.4, -0.2) is 70.0 Å². The van der Waals surface area contributed by atoms with Crippen LogP contribution in [0.1, 0.15) is 290 Å². The molecule has 0 bridgehead atoms. The Balaban J connectivity index is 4.13. The van der Waals surface area contributed by atoms with Crippen molar-refractivity contribution in [2.75, 3.05) is 47.5 Å². The predicted molar refractivity (Wildman–Crippen MR) is 282 cm³/mol. The lowest BCUT2D eigenvalue weighted by Gasteiger charge is -2.28. The fourth-order valence-corrected chi connectivity index (χ4v) is 9.26. The highest BCUT2D eigenvalue weighted by Gasteiger charge is 2.22. The monoisotopic (exact) mass is 970 g/mol. The van der Waals surface area contributed by atoms with Crippen molar-refractivity contribution >= 4 is 19.8 Å². The van der Waals surface area contributed by atoms with Crippen molar-refractivity contribution in [1.29, 1.82) is 0 Å². The third kappa shape index (κ3) is 53.9. The van der Waals surface area contributed by atoms with E-state index in [1.807, 2.05) is 21.1 Å². The Morgan fingerprint density at radius 2 is 0.761 bits per heavy atom. The van der Waals surface area contributed by atoms with E-state index >= 15 is 0 Å². The van der Waals surface area contributed by atoms with Gasteiger partial charge in [-0.25, -0.2) is 0 Å². The number of hydrogen-bond donors (Lipinski definition) is 0. The van der Waals surface area contributed by atoms with Gasteiger partial charge in [-0.2, -0.15) is 0 Å². The molecule has 0 rings (SSSR count). The Hall–Kier alpha value is -1.25. The summed E-state index contributed by atoms with van der Waals surface area (Å²) in [4.78, 5) is 37.8. The third-order valence-electron chi connectivity index (χ3n) is 13.0. The van der Waals surface area contributed by atoms with E-state index < -0.39 is 26.5 Å². The SMILES string of the molecule is CCCCCCCCCC/C=C\CCCCCCCCCCCC(=O)OC(COC(=O)CCCCCCCCCCCCCCCCCCCCCCCC)COP(=O)([O-])OCC[N+](C)(C)C. The van der Waals surface area contributed by atoms with Crippen molar-refractivity contribution in [1.82, 2.24) is 0 Å². The summed E-state index contributed by atoms with van der Waals surface area (Å²) >= 11 is 0. The van der Waals surface area contributed by atoms with Crippen LogP contribution in [0.4, 0.5) is 0 Å². The molecule has 0 heterocycles. The van der Waals surface area contributed by atoms with E-state index in [0.29, 0.717) is 17.4 Å². The van der Waals surface area contributed by atoms with Gasteiger partial charge in [-0.1, -0.05) is 251 Å². The van der Waals surface area contributed by atoms with Gasteiger partial charge >= 0.3 is 11.9 Å². The van der Waals surface area contributed by atoms with Crippen molar-refractivity contribution in [2.24, 2.45) is 0 Å². The second-order valence-corrected chi connectivity index (χ2v) is 22.4. The summed E-state index contributed by atoms with van der Waals surface area (Å²) in [5.41, 5.74) is 0.